The first-order valence-electron chi connectivity index (χ1n) is 7.59. The van der Waals surface area contributed by atoms with Gasteiger partial charge >= 0.3 is 5.69 Å². The van der Waals surface area contributed by atoms with Crippen LogP contribution in [0.4, 0.5) is 0 Å². The maximum atomic E-state index is 12.3. The molecule has 6 heteroatoms. The molecule has 0 N–H and O–H groups in total. The van der Waals surface area contributed by atoms with Gasteiger partial charge in [0.15, 0.2) is 11.6 Å². The van der Waals surface area contributed by atoms with E-state index in [4.69, 9.17) is 16.0 Å². The van der Waals surface area contributed by atoms with Crippen LogP contribution in [0.3, 0.4) is 0 Å². The molecule has 4 aromatic rings. The number of benzene rings is 2. The van der Waals surface area contributed by atoms with Gasteiger partial charge in [-0.2, -0.15) is 9.97 Å². The monoisotopic (exact) mass is 349 g/mol. The lowest BCUT2D eigenvalue weighted by molar-refractivity contribution is 0.588. The molecule has 2 heterocycles. The molecule has 0 aliphatic carbocycles. The van der Waals surface area contributed by atoms with Gasteiger partial charge in [0.05, 0.1) is 0 Å². The number of rotatable bonds is 3. The van der Waals surface area contributed by atoms with Crippen molar-refractivity contribution in [3.05, 3.63) is 88.6 Å². The topological polar surface area (TPSA) is 60.9 Å². The van der Waals surface area contributed by atoms with Crippen molar-refractivity contribution in [2.24, 2.45) is 0 Å². The van der Waals surface area contributed by atoms with Crippen LogP contribution >= 0.6 is 11.6 Å². The Morgan fingerprint density at radius 3 is 2.12 bits per heavy atom. The van der Waals surface area contributed by atoms with Gasteiger partial charge in [-0.15, -0.1) is 0 Å². The average molecular weight is 350 g/mol. The quantitative estimate of drug-likeness (QED) is 0.520. The van der Waals surface area contributed by atoms with Gasteiger partial charge in [0.25, 0.3) is 0 Å². The number of nitrogens with zero attached hydrogens (tertiary/aromatic N) is 3. The molecule has 0 unspecified atom stereocenters. The summed E-state index contributed by atoms with van der Waals surface area (Å²) < 4.78 is 7.32. The number of hydrogen-bond acceptors (Lipinski definition) is 4. The largest absolute Gasteiger partial charge is 0.434 e. The van der Waals surface area contributed by atoms with Gasteiger partial charge in [-0.25, -0.2) is 9.36 Å². The Kier molecular flexibility index (Phi) is 3.91. The van der Waals surface area contributed by atoms with E-state index < -0.39 is 5.69 Å². The van der Waals surface area contributed by atoms with Crippen molar-refractivity contribution in [3.8, 4) is 28.6 Å². The van der Waals surface area contributed by atoms with E-state index in [-0.39, 0.29) is 5.15 Å². The Labute approximate surface area is 148 Å². The van der Waals surface area contributed by atoms with Crippen LogP contribution in [0.15, 0.2) is 82.1 Å². The van der Waals surface area contributed by atoms with Crippen LogP contribution in [0.1, 0.15) is 0 Å². The first kappa shape index (κ1) is 15.4. The second kappa shape index (κ2) is 6.37. The van der Waals surface area contributed by atoms with Gasteiger partial charge in [-0.05, 0) is 18.2 Å². The van der Waals surface area contributed by atoms with Crippen molar-refractivity contribution in [2.75, 3.05) is 0 Å². The predicted molar refractivity (Wildman–Crippen MR) is 95.8 cm³/mol. The molecule has 25 heavy (non-hydrogen) atoms. The molecule has 0 amide bonds. The zero-order valence-electron chi connectivity index (χ0n) is 13.0. The Morgan fingerprint density at radius 1 is 0.840 bits per heavy atom. The van der Waals surface area contributed by atoms with Crippen LogP contribution in [-0.2, 0) is 0 Å². The minimum absolute atomic E-state index is 0.134. The van der Waals surface area contributed by atoms with Crippen LogP contribution in [0.5, 0.6) is 0 Å². The molecule has 2 aromatic carbocycles. The molecule has 0 radical (unpaired) electrons. The van der Waals surface area contributed by atoms with Gasteiger partial charge < -0.3 is 4.42 Å². The number of hydrogen-bond donors (Lipinski definition) is 0. The summed E-state index contributed by atoms with van der Waals surface area (Å²) in [5.41, 5.74) is 1.12. The first-order valence-corrected chi connectivity index (χ1v) is 7.97. The van der Waals surface area contributed by atoms with Crippen molar-refractivity contribution < 1.29 is 4.42 Å². The molecule has 0 atom stereocenters. The molecule has 0 spiro atoms. The number of oxazole rings is 1. The summed E-state index contributed by atoms with van der Waals surface area (Å²) in [5, 5.41) is 0.134. The van der Waals surface area contributed by atoms with Gasteiger partial charge in [0, 0.05) is 17.3 Å². The van der Waals surface area contributed by atoms with Crippen molar-refractivity contribution >= 4 is 11.6 Å². The molecule has 0 bridgehead atoms. The van der Waals surface area contributed by atoms with E-state index in [9.17, 15) is 4.79 Å². The maximum Gasteiger partial charge on any atom is 0.354 e. The summed E-state index contributed by atoms with van der Waals surface area (Å²) in [7, 11) is 0. The third-order valence-electron chi connectivity index (χ3n) is 3.66. The SMILES string of the molecule is O=c1nc(Cl)ccn1-c1nc(-c2ccccc2)oc1-c1ccccc1. The molecule has 0 aliphatic heterocycles. The molecular weight excluding hydrogens is 338 g/mol. The highest BCUT2D eigenvalue weighted by molar-refractivity contribution is 6.29. The van der Waals surface area contributed by atoms with E-state index in [0.29, 0.717) is 17.5 Å². The number of halogens is 1. The normalized spacial score (nSPS) is 10.8. The molecule has 0 fully saturated rings. The lowest BCUT2D eigenvalue weighted by atomic mass is 10.2. The van der Waals surface area contributed by atoms with E-state index in [1.807, 2.05) is 60.7 Å². The summed E-state index contributed by atoms with van der Waals surface area (Å²) in [4.78, 5) is 20.5. The summed E-state index contributed by atoms with van der Waals surface area (Å²) in [6, 6.07) is 20.5. The summed E-state index contributed by atoms with van der Waals surface area (Å²) in [6.45, 7) is 0. The Balaban J connectivity index is 1.96. The van der Waals surface area contributed by atoms with Crippen molar-refractivity contribution in [1.29, 1.82) is 0 Å². The van der Waals surface area contributed by atoms with Gasteiger partial charge in [0.2, 0.25) is 5.89 Å². The molecule has 2 aromatic heterocycles. The summed E-state index contributed by atoms with van der Waals surface area (Å²) in [6.07, 6.45) is 1.54. The minimum atomic E-state index is -0.516. The standard InChI is InChI=1S/C19H12ClN3O2/c20-15-11-12-23(19(24)21-15)17-16(13-7-3-1-4-8-13)25-18(22-17)14-9-5-2-6-10-14/h1-12H. The lowest BCUT2D eigenvalue weighted by Gasteiger charge is -2.03. The second-order valence-electron chi connectivity index (χ2n) is 5.31. The Bertz CT molecular complexity index is 1070. The molecule has 0 aliphatic rings. The summed E-state index contributed by atoms with van der Waals surface area (Å²) in [5.74, 6) is 1.29. The van der Waals surface area contributed by atoms with E-state index in [1.54, 1.807) is 0 Å². The van der Waals surface area contributed by atoms with Crippen molar-refractivity contribution in [1.82, 2.24) is 14.5 Å². The molecule has 122 valence electrons. The highest BCUT2D eigenvalue weighted by Gasteiger charge is 2.19. The molecule has 5 nitrogen and oxygen atoms in total. The molecule has 0 saturated carbocycles. The average Bonchev–Trinajstić information content (AvgIpc) is 3.08. The van der Waals surface area contributed by atoms with Crippen LogP contribution < -0.4 is 5.69 Å². The minimum Gasteiger partial charge on any atom is -0.434 e. The van der Waals surface area contributed by atoms with Crippen LogP contribution in [0.2, 0.25) is 5.15 Å². The fourth-order valence-electron chi connectivity index (χ4n) is 2.50. The fraction of sp³-hybridized carbons (Fsp3) is 0. The van der Waals surface area contributed by atoms with E-state index in [1.165, 1.54) is 16.8 Å². The lowest BCUT2D eigenvalue weighted by Crippen LogP contribution is -2.21. The number of aromatic nitrogens is 3. The second-order valence-corrected chi connectivity index (χ2v) is 5.69. The van der Waals surface area contributed by atoms with E-state index in [0.717, 1.165) is 11.1 Å². The Morgan fingerprint density at radius 2 is 1.48 bits per heavy atom. The van der Waals surface area contributed by atoms with Crippen molar-refractivity contribution in [3.63, 3.8) is 0 Å². The fourth-order valence-corrected chi connectivity index (χ4v) is 2.63. The zero-order valence-corrected chi connectivity index (χ0v) is 13.7. The maximum absolute atomic E-state index is 12.3. The van der Waals surface area contributed by atoms with Crippen LogP contribution in [0, 0.1) is 0 Å². The highest BCUT2D eigenvalue weighted by Crippen LogP contribution is 2.31. The highest BCUT2D eigenvalue weighted by atomic mass is 35.5. The zero-order chi connectivity index (χ0) is 17.2. The van der Waals surface area contributed by atoms with Gasteiger partial charge in [-0.3, -0.25) is 0 Å². The van der Waals surface area contributed by atoms with Gasteiger partial charge in [-0.1, -0.05) is 60.1 Å². The smallest absolute Gasteiger partial charge is 0.354 e. The van der Waals surface area contributed by atoms with Crippen LogP contribution in [-0.4, -0.2) is 14.5 Å². The van der Waals surface area contributed by atoms with E-state index >= 15 is 0 Å². The van der Waals surface area contributed by atoms with Crippen molar-refractivity contribution in [2.45, 2.75) is 0 Å². The third kappa shape index (κ3) is 2.97. The predicted octanol–water partition coefficient (Wildman–Crippen LogP) is 4.21. The van der Waals surface area contributed by atoms with Crippen LogP contribution in [0.25, 0.3) is 28.6 Å². The Hall–Kier alpha value is -3.18. The van der Waals surface area contributed by atoms with E-state index in [2.05, 4.69) is 9.97 Å². The molecule has 4 rings (SSSR count). The molecule has 0 saturated heterocycles. The third-order valence-corrected chi connectivity index (χ3v) is 3.87. The summed E-state index contributed by atoms with van der Waals surface area (Å²) >= 11 is 5.79. The molecular formula is C19H12ClN3O2. The van der Waals surface area contributed by atoms with Gasteiger partial charge in [0.1, 0.15) is 5.15 Å². The first-order chi connectivity index (χ1) is 12.2.